The summed E-state index contributed by atoms with van der Waals surface area (Å²) in [7, 11) is 0. The normalized spacial score (nSPS) is 28.8. The van der Waals surface area contributed by atoms with Crippen molar-refractivity contribution in [3.05, 3.63) is 5.01 Å². The molecular weight excluding hydrogens is 268 g/mol. The molecule has 5 heteroatoms. The van der Waals surface area contributed by atoms with Crippen molar-refractivity contribution >= 4 is 16.5 Å². The minimum Gasteiger partial charge on any atom is -0.346 e. The highest BCUT2D eigenvalue weighted by atomic mass is 32.1. The predicted octanol–water partition coefficient (Wildman–Crippen LogP) is 2.94. The Balaban J connectivity index is 1.57. The van der Waals surface area contributed by atoms with Crippen molar-refractivity contribution in [2.45, 2.75) is 52.0 Å². The van der Waals surface area contributed by atoms with Crippen LogP contribution in [0.15, 0.2) is 0 Å². The Bertz CT molecular complexity index is 433. The lowest BCUT2D eigenvalue weighted by atomic mass is 9.95. The molecular formula is C15H26N4S. The Morgan fingerprint density at radius 2 is 2.05 bits per heavy atom. The molecule has 0 saturated carbocycles. The molecule has 2 saturated heterocycles. The molecule has 0 aromatic carbocycles. The topological polar surface area (TPSA) is 32.3 Å². The monoisotopic (exact) mass is 294 g/mol. The second-order valence-electron chi connectivity index (χ2n) is 6.40. The van der Waals surface area contributed by atoms with Crippen LogP contribution >= 0.6 is 11.3 Å². The molecule has 2 fully saturated rings. The molecule has 0 radical (unpaired) electrons. The molecule has 0 bridgehead atoms. The summed E-state index contributed by atoms with van der Waals surface area (Å²) < 4.78 is 0. The molecule has 112 valence electrons. The first kappa shape index (κ1) is 14.3. The van der Waals surface area contributed by atoms with Gasteiger partial charge in [0.2, 0.25) is 5.13 Å². The summed E-state index contributed by atoms with van der Waals surface area (Å²) in [6.45, 7) is 9.33. The summed E-state index contributed by atoms with van der Waals surface area (Å²) in [4.78, 5) is 5.16. The highest BCUT2D eigenvalue weighted by molar-refractivity contribution is 7.15. The molecule has 3 rings (SSSR count). The first-order valence-corrected chi connectivity index (χ1v) is 8.83. The minimum absolute atomic E-state index is 0.780. The summed E-state index contributed by atoms with van der Waals surface area (Å²) in [6, 6.07) is 0.780. The zero-order valence-corrected chi connectivity index (χ0v) is 13.5. The van der Waals surface area contributed by atoms with Crippen LogP contribution in [-0.2, 0) is 0 Å². The standard InChI is InChI=1S/C15H26N4S/c1-12-6-3-4-8-18(12)10-14-7-5-9-19(11-14)15-17-16-13(2)20-15/h12,14H,3-11H2,1-2H3/t12-,14+/m1/s1. The van der Waals surface area contributed by atoms with Crippen molar-refractivity contribution in [1.82, 2.24) is 15.1 Å². The number of likely N-dealkylation sites (tertiary alicyclic amines) is 1. The highest BCUT2D eigenvalue weighted by Gasteiger charge is 2.26. The van der Waals surface area contributed by atoms with E-state index in [1.165, 1.54) is 45.2 Å². The number of anilines is 1. The number of hydrogen-bond donors (Lipinski definition) is 0. The number of aromatic nitrogens is 2. The number of piperidine rings is 2. The summed E-state index contributed by atoms with van der Waals surface area (Å²) >= 11 is 1.73. The van der Waals surface area contributed by atoms with Gasteiger partial charge in [0, 0.05) is 25.7 Å². The Kier molecular flexibility index (Phi) is 4.56. The molecule has 0 spiro atoms. The molecule has 3 heterocycles. The van der Waals surface area contributed by atoms with E-state index in [1.54, 1.807) is 11.3 Å². The predicted molar refractivity (Wildman–Crippen MR) is 84.5 cm³/mol. The van der Waals surface area contributed by atoms with Crippen LogP contribution in [0.5, 0.6) is 0 Å². The third-order valence-corrected chi connectivity index (χ3v) is 5.64. The van der Waals surface area contributed by atoms with Gasteiger partial charge in [0.25, 0.3) is 0 Å². The van der Waals surface area contributed by atoms with Gasteiger partial charge in [0.05, 0.1) is 0 Å². The van der Waals surface area contributed by atoms with E-state index in [2.05, 4.69) is 26.9 Å². The number of rotatable bonds is 3. The van der Waals surface area contributed by atoms with E-state index in [0.717, 1.165) is 35.2 Å². The van der Waals surface area contributed by atoms with Crippen molar-refractivity contribution < 1.29 is 0 Å². The van der Waals surface area contributed by atoms with Crippen molar-refractivity contribution in [2.75, 3.05) is 31.1 Å². The summed E-state index contributed by atoms with van der Waals surface area (Å²) in [6.07, 6.45) is 6.85. The first-order chi connectivity index (χ1) is 9.72. The number of nitrogens with zero attached hydrogens (tertiary/aromatic N) is 4. The van der Waals surface area contributed by atoms with Gasteiger partial charge in [0.15, 0.2) is 0 Å². The van der Waals surface area contributed by atoms with Crippen molar-refractivity contribution in [3.63, 3.8) is 0 Å². The molecule has 1 aromatic heterocycles. The van der Waals surface area contributed by atoms with Gasteiger partial charge in [-0.25, -0.2) is 0 Å². The van der Waals surface area contributed by atoms with E-state index >= 15 is 0 Å². The molecule has 0 amide bonds. The Morgan fingerprint density at radius 1 is 1.15 bits per heavy atom. The van der Waals surface area contributed by atoms with Crippen LogP contribution in [-0.4, -0.2) is 47.3 Å². The molecule has 2 aliphatic rings. The fourth-order valence-electron chi connectivity index (χ4n) is 3.56. The molecule has 2 aliphatic heterocycles. The Morgan fingerprint density at radius 3 is 2.80 bits per heavy atom. The lowest BCUT2D eigenvalue weighted by Crippen LogP contribution is -2.45. The van der Waals surface area contributed by atoms with Crippen LogP contribution in [0, 0.1) is 12.8 Å². The van der Waals surface area contributed by atoms with Gasteiger partial charge in [-0.15, -0.1) is 10.2 Å². The molecule has 1 aromatic rings. The zero-order valence-electron chi connectivity index (χ0n) is 12.7. The molecule has 2 atom stereocenters. The van der Waals surface area contributed by atoms with Crippen LogP contribution < -0.4 is 4.90 Å². The van der Waals surface area contributed by atoms with Crippen LogP contribution in [0.2, 0.25) is 0 Å². The number of hydrogen-bond acceptors (Lipinski definition) is 5. The highest BCUT2D eigenvalue weighted by Crippen LogP contribution is 2.27. The smallest absolute Gasteiger partial charge is 0.208 e. The quantitative estimate of drug-likeness (QED) is 0.858. The van der Waals surface area contributed by atoms with Crippen molar-refractivity contribution in [2.24, 2.45) is 5.92 Å². The molecule has 4 nitrogen and oxygen atoms in total. The average molecular weight is 294 g/mol. The SMILES string of the molecule is Cc1nnc(N2CCC[C@@H](CN3CCCC[C@H]3C)C2)s1. The largest absolute Gasteiger partial charge is 0.346 e. The fourth-order valence-corrected chi connectivity index (χ4v) is 4.28. The van der Waals surface area contributed by atoms with Gasteiger partial charge in [-0.1, -0.05) is 17.8 Å². The Labute approximate surface area is 126 Å². The van der Waals surface area contributed by atoms with E-state index in [0.29, 0.717) is 0 Å². The van der Waals surface area contributed by atoms with Crippen LogP contribution in [0.3, 0.4) is 0 Å². The number of aryl methyl sites for hydroxylation is 1. The molecule has 0 unspecified atom stereocenters. The van der Waals surface area contributed by atoms with E-state index in [1.807, 2.05) is 6.92 Å². The molecule has 20 heavy (non-hydrogen) atoms. The van der Waals surface area contributed by atoms with Gasteiger partial charge >= 0.3 is 0 Å². The van der Waals surface area contributed by atoms with Gasteiger partial charge in [0.1, 0.15) is 5.01 Å². The maximum absolute atomic E-state index is 4.32. The van der Waals surface area contributed by atoms with Crippen LogP contribution in [0.1, 0.15) is 44.0 Å². The van der Waals surface area contributed by atoms with Gasteiger partial charge in [-0.05, 0) is 52.0 Å². The third kappa shape index (κ3) is 3.31. The van der Waals surface area contributed by atoms with E-state index in [-0.39, 0.29) is 0 Å². The lowest BCUT2D eigenvalue weighted by Gasteiger charge is -2.39. The molecule has 0 N–H and O–H groups in total. The van der Waals surface area contributed by atoms with Gasteiger partial charge in [-0.2, -0.15) is 0 Å². The lowest BCUT2D eigenvalue weighted by molar-refractivity contribution is 0.130. The van der Waals surface area contributed by atoms with E-state index in [9.17, 15) is 0 Å². The maximum Gasteiger partial charge on any atom is 0.208 e. The van der Waals surface area contributed by atoms with Crippen LogP contribution in [0.4, 0.5) is 5.13 Å². The molecule has 0 aliphatic carbocycles. The van der Waals surface area contributed by atoms with Crippen molar-refractivity contribution in [1.29, 1.82) is 0 Å². The zero-order chi connectivity index (χ0) is 13.9. The van der Waals surface area contributed by atoms with Crippen LogP contribution in [0.25, 0.3) is 0 Å². The van der Waals surface area contributed by atoms with Crippen molar-refractivity contribution in [3.8, 4) is 0 Å². The second kappa shape index (κ2) is 6.39. The summed E-state index contributed by atoms with van der Waals surface area (Å²) in [5, 5.41) is 10.7. The second-order valence-corrected chi connectivity index (χ2v) is 7.56. The summed E-state index contributed by atoms with van der Waals surface area (Å²) in [5.41, 5.74) is 0. The fraction of sp³-hybridized carbons (Fsp3) is 0.867. The van der Waals surface area contributed by atoms with E-state index < -0.39 is 0 Å². The Hall–Kier alpha value is -0.680. The average Bonchev–Trinajstić information content (AvgIpc) is 2.89. The first-order valence-electron chi connectivity index (χ1n) is 8.01. The van der Waals surface area contributed by atoms with Gasteiger partial charge in [-0.3, -0.25) is 0 Å². The third-order valence-electron chi connectivity index (χ3n) is 4.74. The summed E-state index contributed by atoms with van der Waals surface area (Å²) in [5.74, 6) is 0.800. The van der Waals surface area contributed by atoms with Gasteiger partial charge < -0.3 is 9.80 Å². The van der Waals surface area contributed by atoms with E-state index in [4.69, 9.17) is 0 Å². The minimum atomic E-state index is 0.780. The maximum atomic E-state index is 4.32.